The maximum absolute atomic E-state index is 10.7. The van der Waals surface area contributed by atoms with E-state index in [2.05, 4.69) is 9.98 Å². The molecule has 0 unspecified atom stereocenters. The van der Waals surface area contributed by atoms with Crippen molar-refractivity contribution < 1.29 is 24.2 Å². The number of carbonyl (C=O) groups is 1. The zero-order valence-corrected chi connectivity index (χ0v) is 9.03. The average molecular weight is 248 g/mol. The van der Waals surface area contributed by atoms with E-state index >= 15 is 0 Å². The highest BCUT2D eigenvalue weighted by atomic mass is 16.5. The number of benzene rings is 1. The fourth-order valence-corrected chi connectivity index (χ4v) is 1.62. The molecule has 2 N–H and O–H groups in total. The molecule has 0 saturated carbocycles. The zero-order chi connectivity index (χ0) is 12.7. The highest BCUT2D eigenvalue weighted by molar-refractivity contribution is 5.95. The summed E-state index contributed by atoms with van der Waals surface area (Å²) in [5.41, 5.74) is 0.919. The van der Waals surface area contributed by atoms with Crippen molar-refractivity contribution >= 4 is 23.0 Å². The fourth-order valence-electron chi connectivity index (χ4n) is 1.62. The lowest BCUT2D eigenvalue weighted by Gasteiger charge is -1.94. The van der Waals surface area contributed by atoms with Crippen LogP contribution >= 0.6 is 0 Å². The van der Waals surface area contributed by atoms with Gasteiger partial charge in [-0.3, -0.25) is 0 Å². The number of hydrogen-bond acceptors (Lipinski definition) is 6. The molecule has 2 heterocycles. The number of rotatable bonds is 2. The van der Waals surface area contributed by atoms with Gasteiger partial charge in [-0.15, -0.1) is 0 Å². The molecule has 7 heteroatoms. The number of carboxylic acids is 1. The summed E-state index contributed by atoms with van der Waals surface area (Å²) >= 11 is 0. The van der Waals surface area contributed by atoms with Gasteiger partial charge < -0.3 is 19.4 Å². The number of aromatic nitrogens is 1. The van der Waals surface area contributed by atoms with Crippen molar-refractivity contribution in [2.75, 3.05) is 6.61 Å². The van der Waals surface area contributed by atoms with E-state index in [0.717, 1.165) is 0 Å². The SMILES string of the molecule is O=C(O)[C@H]1COC(c2nc3ccc(O)cc3o2)=N1. The second-order valence-corrected chi connectivity index (χ2v) is 3.77. The second kappa shape index (κ2) is 3.73. The molecule has 1 atom stereocenters. The summed E-state index contributed by atoms with van der Waals surface area (Å²) in [4.78, 5) is 18.7. The maximum Gasteiger partial charge on any atom is 0.332 e. The Hall–Kier alpha value is -2.57. The molecule has 92 valence electrons. The van der Waals surface area contributed by atoms with Crippen LogP contribution in [0.2, 0.25) is 0 Å². The van der Waals surface area contributed by atoms with Crippen LogP contribution in [0.15, 0.2) is 27.6 Å². The van der Waals surface area contributed by atoms with Crippen molar-refractivity contribution in [1.82, 2.24) is 4.98 Å². The van der Waals surface area contributed by atoms with Gasteiger partial charge in [0.15, 0.2) is 11.6 Å². The van der Waals surface area contributed by atoms with E-state index in [1.165, 1.54) is 12.1 Å². The van der Waals surface area contributed by atoms with E-state index in [9.17, 15) is 9.90 Å². The minimum Gasteiger partial charge on any atom is -0.508 e. The molecule has 0 spiro atoms. The molecule has 3 rings (SSSR count). The van der Waals surface area contributed by atoms with Gasteiger partial charge in [0.25, 0.3) is 11.8 Å². The molecule has 1 aliphatic rings. The van der Waals surface area contributed by atoms with Crippen LogP contribution in [0.4, 0.5) is 0 Å². The van der Waals surface area contributed by atoms with Crippen LogP contribution in [0.5, 0.6) is 5.75 Å². The normalized spacial score (nSPS) is 18.7. The minimum atomic E-state index is -1.06. The van der Waals surface area contributed by atoms with Crippen molar-refractivity contribution in [2.45, 2.75) is 6.04 Å². The molecule has 0 aliphatic carbocycles. The molecule has 1 aromatic heterocycles. The lowest BCUT2D eigenvalue weighted by atomic mass is 10.3. The molecule has 0 saturated heterocycles. The number of phenols is 1. The number of nitrogens with zero attached hydrogens (tertiary/aromatic N) is 2. The average Bonchev–Trinajstić information content (AvgIpc) is 2.93. The van der Waals surface area contributed by atoms with Crippen molar-refractivity contribution in [3.63, 3.8) is 0 Å². The number of aromatic hydroxyl groups is 1. The molecule has 0 fully saturated rings. The van der Waals surface area contributed by atoms with Gasteiger partial charge in [-0.25, -0.2) is 14.8 Å². The summed E-state index contributed by atoms with van der Waals surface area (Å²) < 4.78 is 10.5. The number of oxazole rings is 1. The Morgan fingerprint density at radius 3 is 3.00 bits per heavy atom. The lowest BCUT2D eigenvalue weighted by molar-refractivity contribution is -0.138. The third-order valence-corrected chi connectivity index (χ3v) is 2.49. The first-order valence-electron chi connectivity index (χ1n) is 5.17. The predicted octanol–water partition coefficient (Wildman–Crippen LogP) is 0.763. The molecule has 1 aliphatic heterocycles. The Kier molecular flexibility index (Phi) is 2.19. The summed E-state index contributed by atoms with van der Waals surface area (Å²) in [6.45, 7) is -0.0331. The largest absolute Gasteiger partial charge is 0.508 e. The summed E-state index contributed by atoms with van der Waals surface area (Å²) in [5.74, 6) is -0.820. The van der Waals surface area contributed by atoms with E-state index in [1.54, 1.807) is 6.07 Å². The third-order valence-electron chi connectivity index (χ3n) is 2.49. The Balaban J connectivity index is 2.00. The minimum absolute atomic E-state index is 0.0331. The quantitative estimate of drug-likeness (QED) is 0.812. The van der Waals surface area contributed by atoms with Gasteiger partial charge in [0.05, 0.1) is 0 Å². The Labute approximate surface area is 100 Å². The molecular formula is C11H8N2O5. The summed E-state index contributed by atoms with van der Waals surface area (Å²) in [6, 6.07) is 3.55. The fraction of sp³-hybridized carbons (Fsp3) is 0.182. The van der Waals surface area contributed by atoms with Crippen LogP contribution < -0.4 is 0 Å². The van der Waals surface area contributed by atoms with Gasteiger partial charge in [-0.2, -0.15) is 0 Å². The Morgan fingerprint density at radius 1 is 1.44 bits per heavy atom. The molecule has 1 aromatic carbocycles. The number of hydrogen-bond donors (Lipinski definition) is 2. The summed E-state index contributed by atoms with van der Waals surface area (Å²) in [7, 11) is 0. The number of ether oxygens (including phenoxy) is 1. The van der Waals surface area contributed by atoms with Crippen LogP contribution in [0.3, 0.4) is 0 Å². The number of phenolic OH excluding ortho intramolecular Hbond substituents is 1. The zero-order valence-electron chi connectivity index (χ0n) is 9.03. The van der Waals surface area contributed by atoms with E-state index in [-0.39, 0.29) is 24.1 Å². The number of carboxylic acid groups (broad SMARTS) is 1. The first-order chi connectivity index (χ1) is 8.63. The Bertz CT molecular complexity index is 660. The van der Waals surface area contributed by atoms with E-state index in [4.69, 9.17) is 14.3 Å². The lowest BCUT2D eigenvalue weighted by Crippen LogP contribution is -2.18. The highest BCUT2D eigenvalue weighted by Crippen LogP contribution is 2.22. The van der Waals surface area contributed by atoms with Crippen molar-refractivity contribution in [1.29, 1.82) is 0 Å². The standard InChI is InChI=1S/C11H8N2O5/c14-5-1-2-6-8(3-5)18-10(12-6)9-13-7(4-17-9)11(15)16/h1-3,7,14H,4H2,(H,15,16)/t7-/m1/s1. The maximum atomic E-state index is 10.7. The second-order valence-electron chi connectivity index (χ2n) is 3.77. The van der Waals surface area contributed by atoms with Gasteiger partial charge in [0, 0.05) is 6.07 Å². The van der Waals surface area contributed by atoms with E-state index in [1.807, 2.05) is 0 Å². The molecule has 0 radical (unpaired) electrons. The molecular weight excluding hydrogens is 240 g/mol. The number of fused-ring (bicyclic) bond motifs is 1. The van der Waals surface area contributed by atoms with Crippen LogP contribution in [0.25, 0.3) is 11.1 Å². The van der Waals surface area contributed by atoms with Crippen molar-refractivity contribution in [3.8, 4) is 5.75 Å². The van der Waals surface area contributed by atoms with Crippen LogP contribution in [-0.4, -0.2) is 39.7 Å². The smallest absolute Gasteiger partial charge is 0.332 e. The third kappa shape index (κ3) is 1.65. The van der Waals surface area contributed by atoms with Gasteiger partial charge >= 0.3 is 5.97 Å². The summed E-state index contributed by atoms with van der Waals surface area (Å²) in [6.07, 6.45) is 0. The van der Waals surface area contributed by atoms with E-state index < -0.39 is 12.0 Å². The first-order valence-corrected chi connectivity index (χ1v) is 5.17. The summed E-state index contributed by atoms with van der Waals surface area (Å²) in [5, 5.41) is 18.1. The van der Waals surface area contributed by atoms with Crippen molar-refractivity contribution in [3.05, 3.63) is 24.1 Å². The van der Waals surface area contributed by atoms with Gasteiger partial charge in [0.2, 0.25) is 0 Å². The van der Waals surface area contributed by atoms with Crippen molar-refractivity contribution in [2.24, 2.45) is 4.99 Å². The number of aliphatic imine (C=N–C) groups is 1. The van der Waals surface area contributed by atoms with Crippen LogP contribution in [0.1, 0.15) is 5.89 Å². The predicted molar refractivity (Wildman–Crippen MR) is 59.6 cm³/mol. The number of aliphatic carboxylic acids is 1. The van der Waals surface area contributed by atoms with Gasteiger partial charge in [0.1, 0.15) is 17.9 Å². The molecule has 7 nitrogen and oxygen atoms in total. The monoisotopic (exact) mass is 248 g/mol. The molecule has 0 amide bonds. The van der Waals surface area contributed by atoms with E-state index in [0.29, 0.717) is 11.1 Å². The van der Waals surface area contributed by atoms with Gasteiger partial charge in [-0.1, -0.05) is 0 Å². The molecule has 0 bridgehead atoms. The van der Waals surface area contributed by atoms with Crippen LogP contribution in [-0.2, 0) is 9.53 Å². The van der Waals surface area contributed by atoms with Crippen LogP contribution in [0, 0.1) is 0 Å². The highest BCUT2D eigenvalue weighted by Gasteiger charge is 2.28. The Morgan fingerprint density at radius 2 is 2.28 bits per heavy atom. The first kappa shape index (κ1) is 10.6. The van der Waals surface area contributed by atoms with Gasteiger partial charge in [-0.05, 0) is 12.1 Å². The topological polar surface area (TPSA) is 105 Å². The molecule has 18 heavy (non-hydrogen) atoms. The molecule has 2 aromatic rings.